The maximum absolute atomic E-state index is 14.3. The summed E-state index contributed by atoms with van der Waals surface area (Å²) in [5, 5.41) is 26.0. The molecule has 0 bridgehead atoms. The topological polar surface area (TPSA) is 247 Å². The van der Waals surface area contributed by atoms with Gasteiger partial charge in [-0.3, -0.25) is 23.9 Å². The molecule has 1 saturated carbocycles. The Morgan fingerprint density at radius 1 is 1.20 bits per heavy atom. The third kappa shape index (κ3) is 10.4. The molecular formula is C29H45ClN6O9S. The molecule has 0 aromatic heterocycles. The van der Waals surface area contributed by atoms with E-state index in [9.17, 15) is 37.6 Å². The predicted octanol–water partition coefficient (Wildman–Crippen LogP) is 0.607. The van der Waals surface area contributed by atoms with Crippen LogP contribution in [0.25, 0.3) is 0 Å². The minimum atomic E-state index is -4.75. The summed E-state index contributed by atoms with van der Waals surface area (Å²) in [7, 11) is -4.75. The number of guanidine groups is 1. The number of nitrogens with zero attached hydrogens (tertiary/aromatic N) is 2. The largest absolute Gasteiger partial charge is 0.506 e. The number of hydrogen-bond acceptors (Lipinski definition) is 9. The highest BCUT2D eigenvalue weighted by atomic mass is 35.5. The second kappa shape index (κ2) is 16.6. The average Bonchev–Trinajstić information content (AvgIpc) is 3.36. The first-order valence-corrected chi connectivity index (χ1v) is 17.1. The van der Waals surface area contributed by atoms with Gasteiger partial charge in [0.05, 0.1) is 11.1 Å². The summed E-state index contributed by atoms with van der Waals surface area (Å²) < 4.78 is 37.1. The molecule has 1 aromatic carbocycles. The zero-order valence-corrected chi connectivity index (χ0v) is 27.5. The van der Waals surface area contributed by atoms with Gasteiger partial charge in [0.2, 0.25) is 17.7 Å². The van der Waals surface area contributed by atoms with Crippen molar-refractivity contribution in [1.82, 2.24) is 15.5 Å². The van der Waals surface area contributed by atoms with Crippen LogP contribution in [0, 0.1) is 11.8 Å². The fraction of sp³-hybridized carbons (Fsp3) is 0.655. The molecule has 9 N–H and O–H groups in total. The van der Waals surface area contributed by atoms with Crippen LogP contribution >= 0.6 is 11.6 Å². The minimum absolute atomic E-state index is 0.0248. The number of nitrogens with one attached hydrogen (secondary N) is 2. The molecule has 0 spiro atoms. The molecule has 1 aromatic rings. The van der Waals surface area contributed by atoms with E-state index in [-0.39, 0.29) is 35.5 Å². The molecule has 1 unspecified atom stereocenters. The molecule has 1 heterocycles. The Labute approximate surface area is 274 Å². The van der Waals surface area contributed by atoms with E-state index in [0.717, 1.165) is 0 Å². The van der Waals surface area contributed by atoms with E-state index < -0.39 is 64.4 Å². The number of hydrogen-bond donors (Lipinski definition) is 7. The summed E-state index contributed by atoms with van der Waals surface area (Å²) in [6.07, 6.45) is 0.220. The van der Waals surface area contributed by atoms with Gasteiger partial charge in [-0.15, -0.1) is 0 Å². The van der Waals surface area contributed by atoms with Crippen molar-refractivity contribution < 1.29 is 41.8 Å². The SMILES string of the molecule is CCC(C)[C@@H](NC(=O)[C@H](O)Cc1ccc(O)c(Cl)c1)C(=O)N1[C@H](C(=O)NCCCCN=C(N)N)C[C@@H]2CC[C@@H](OS(=O)(=O)O)C[C@@H]21. The minimum Gasteiger partial charge on any atom is -0.506 e. The highest BCUT2D eigenvalue weighted by Crippen LogP contribution is 2.42. The number of phenols is 1. The van der Waals surface area contributed by atoms with Gasteiger partial charge in [0.15, 0.2) is 5.96 Å². The van der Waals surface area contributed by atoms with Gasteiger partial charge in [0.25, 0.3) is 0 Å². The Balaban J connectivity index is 1.82. The number of nitrogens with two attached hydrogens (primary N) is 2. The van der Waals surface area contributed by atoms with E-state index in [1.807, 2.05) is 6.92 Å². The Hall–Kier alpha value is -3.18. The summed E-state index contributed by atoms with van der Waals surface area (Å²) >= 11 is 5.96. The van der Waals surface area contributed by atoms with Crippen LogP contribution in [0.15, 0.2) is 23.2 Å². The highest BCUT2D eigenvalue weighted by Gasteiger charge is 2.51. The van der Waals surface area contributed by atoms with E-state index >= 15 is 0 Å². The van der Waals surface area contributed by atoms with Gasteiger partial charge in [-0.25, -0.2) is 4.18 Å². The Kier molecular flexibility index (Phi) is 13.4. The van der Waals surface area contributed by atoms with Crippen LogP contribution < -0.4 is 22.1 Å². The molecule has 17 heteroatoms. The summed E-state index contributed by atoms with van der Waals surface area (Å²) in [4.78, 5) is 46.4. The summed E-state index contributed by atoms with van der Waals surface area (Å²) in [5.41, 5.74) is 11.2. The van der Waals surface area contributed by atoms with Crippen molar-refractivity contribution in [3.8, 4) is 5.75 Å². The number of phenolic OH excluding ortho intramolecular Hbond substituents is 1. The number of carbonyl (C=O) groups is 3. The third-order valence-electron chi connectivity index (χ3n) is 8.64. The van der Waals surface area contributed by atoms with Gasteiger partial charge < -0.3 is 37.2 Å². The number of fused-ring (bicyclic) bond motifs is 1. The summed E-state index contributed by atoms with van der Waals surface area (Å²) in [6.45, 7) is 4.30. The monoisotopic (exact) mass is 688 g/mol. The van der Waals surface area contributed by atoms with Crippen molar-refractivity contribution in [1.29, 1.82) is 0 Å². The normalized spacial score (nSPS) is 23.1. The van der Waals surface area contributed by atoms with Crippen molar-refractivity contribution in [2.24, 2.45) is 28.3 Å². The first-order valence-electron chi connectivity index (χ1n) is 15.4. The number of likely N-dealkylation sites (tertiary alicyclic amines) is 1. The lowest BCUT2D eigenvalue weighted by Gasteiger charge is -2.39. The predicted molar refractivity (Wildman–Crippen MR) is 170 cm³/mol. The lowest BCUT2D eigenvalue weighted by Crippen LogP contribution is -2.59. The van der Waals surface area contributed by atoms with Crippen LogP contribution in [0.2, 0.25) is 5.02 Å². The maximum atomic E-state index is 14.3. The summed E-state index contributed by atoms with van der Waals surface area (Å²) in [5.74, 6) is -2.47. The van der Waals surface area contributed by atoms with Crippen molar-refractivity contribution in [2.75, 3.05) is 13.1 Å². The number of aliphatic hydroxyl groups is 1. The lowest BCUT2D eigenvalue weighted by molar-refractivity contribution is -0.146. The number of aliphatic hydroxyl groups excluding tert-OH is 1. The van der Waals surface area contributed by atoms with Crippen molar-refractivity contribution in [2.45, 2.75) is 95.5 Å². The molecule has 258 valence electrons. The van der Waals surface area contributed by atoms with Gasteiger partial charge in [-0.1, -0.05) is 37.9 Å². The standard InChI is InChI=1S/C29H45ClN6O9S/c1-3-16(2)25(35-27(40)24(38)13-17-6-9-23(37)20(30)12-17)28(41)36-21-15-19(45-46(42,43)44)8-7-18(21)14-22(36)26(39)33-10-4-5-11-34-29(31)32/h6,9,12,16,18-19,21-22,24-25,37-38H,3-5,7-8,10-11,13-15H2,1-2H3,(H,33,39)(H,35,40)(H4,31,32,34)(H,42,43,44)/t16?,18-,19+,21-,22-,24+,25+/m0/s1. The Morgan fingerprint density at radius 3 is 2.54 bits per heavy atom. The molecule has 1 aliphatic carbocycles. The van der Waals surface area contributed by atoms with E-state index in [1.165, 1.54) is 23.1 Å². The zero-order chi connectivity index (χ0) is 34.2. The number of halogens is 1. The lowest BCUT2D eigenvalue weighted by atomic mass is 9.83. The fourth-order valence-electron chi connectivity index (χ4n) is 6.09. The number of amides is 3. The Morgan fingerprint density at radius 2 is 1.91 bits per heavy atom. The fourth-order valence-corrected chi connectivity index (χ4v) is 6.81. The van der Waals surface area contributed by atoms with Crippen LogP contribution in [-0.2, 0) is 35.4 Å². The molecule has 3 amide bonds. The number of unbranched alkanes of at least 4 members (excludes halogenated alkanes) is 1. The van der Waals surface area contributed by atoms with Crippen LogP contribution in [-0.4, -0.2) is 95.2 Å². The van der Waals surface area contributed by atoms with Gasteiger partial charge in [-0.05, 0) is 68.1 Å². The van der Waals surface area contributed by atoms with E-state index in [1.54, 1.807) is 6.92 Å². The van der Waals surface area contributed by atoms with Crippen LogP contribution in [0.4, 0.5) is 0 Å². The first kappa shape index (κ1) is 37.3. The summed E-state index contributed by atoms with van der Waals surface area (Å²) in [6, 6.07) is 1.66. The van der Waals surface area contributed by atoms with Crippen LogP contribution in [0.3, 0.4) is 0 Å². The number of aliphatic imine (C=N–C) groups is 1. The quantitative estimate of drug-likeness (QED) is 0.0582. The van der Waals surface area contributed by atoms with E-state index in [2.05, 4.69) is 15.6 Å². The van der Waals surface area contributed by atoms with Gasteiger partial charge in [0, 0.05) is 25.6 Å². The first-order chi connectivity index (χ1) is 21.6. The number of carbonyl (C=O) groups excluding carboxylic acids is 3. The molecule has 1 saturated heterocycles. The average molecular weight is 689 g/mol. The Bertz CT molecular complexity index is 1380. The van der Waals surface area contributed by atoms with Crippen molar-refractivity contribution >= 4 is 45.7 Å². The van der Waals surface area contributed by atoms with Crippen LogP contribution in [0.1, 0.15) is 64.4 Å². The zero-order valence-electron chi connectivity index (χ0n) is 26.0. The molecule has 2 aliphatic rings. The molecule has 7 atom stereocenters. The van der Waals surface area contributed by atoms with E-state index in [4.69, 9.17) is 27.3 Å². The smallest absolute Gasteiger partial charge is 0.397 e. The van der Waals surface area contributed by atoms with Crippen molar-refractivity contribution in [3.05, 3.63) is 28.8 Å². The molecule has 2 fully saturated rings. The molecule has 1 aliphatic heterocycles. The third-order valence-corrected chi connectivity index (χ3v) is 9.46. The number of rotatable bonds is 15. The van der Waals surface area contributed by atoms with E-state index in [0.29, 0.717) is 57.2 Å². The molecule has 46 heavy (non-hydrogen) atoms. The van der Waals surface area contributed by atoms with Crippen LogP contribution in [0.5, 0.6) is 5.75 Å². The number of aromatic hydroxyl groups is 1. The second-order valence-corrected chi connectivity index (χ2v) is 13.4. The molecule has 15 nitrogen and oxygen atoms in total. The van der Waals surface area contributed by atoms with Gasteiger partial charge in [-0.2, -0.15) is 8.42 Å². The van der Waals surface area contributed by atoms with Crippen molar-refractivity contribution in [3.63, 3.8) is 0 Å². The second-order valence-electron chi connectivity index (χ2n) is 12.0. The molecular weight excluding hydrogens is 644 g/mol. The highest BCUT2D eigenvalue weighted by molar-refractivity contribution is 7.80. The van der Waals surface area contributed by atoms with Gasteiger partial charge >= 0.3 is 10.4 Å². The molecule has 0 radical (unpaired) electrons. The molecule has 3 rings (SSSR count). The number of benzene rings is 1. The van der Waals surface area contributed by atoms with Gasteiger partial charge in [0.1, 0.15) is 23.9 Å². The maximum Gasteiger partial charge on any atom is 0.397 e.